The summed E-state index contributed by atoms with van der Waals surface area (Å²) in [5.41, 5.74) is 5.88. The number of ether oxygens (including phenoxy) is 1. The molecule has 0 amide bonds. The number of unbranched alkanes of at least 4 members (excludes halogenated alkanes) is 1. The lowest BCUT2D eigenvalue weighted by molar-refractivity contribution is 0.291. The molecule has 4 heteroatoms. The van der Waals surface area contributed by atoms with E-state index in [4.69, 9.17) is 9.72 Å². The number of aryl methyl sites for hydroxylation is 4. The monoisotopic (exact) mass is 352 g/mol. The van der Waals surface area contributed by atoms with Crippen LogP contribution in [0.4, 0.5) is 0 Å². The molecular formula is C22H28N2O2. The van der Waals surface area contributed by atoms with E-state index in [9.17, 15) is 5.11 Å². The standard InChI is InChI=1S/C22H28N2O2/c1-16-8-4-5-9-21(16)26-13-7-6-11-24-20-15-18(3)17(2)14-19(20)23-22(24)10-12-25/h4-5,8-9,14-15,25H,6-7,10-13H2,1-3H3. The summed E-state index contributed by atoms with van der Waals surface area (Å²) in [6, 6.07) is 12.5. The van der Waals surface area contributed by atoms with Crippen LogP contribution in [-0.2, 0) is 13.0 Å². The lowest BCUT2D eigenvalue weighted by Gasteiger charge is -2.11. The summed E-state index contributed by atoms with van der Waals surface area (Å²) >= 11 is 0. The lowest BCUT2D eigenvalue weighted by atomic mass is 10.1. The zero-order chi connectivity index (χ0) is 18.5. The predicted octanol–water partition coefficient (Wildman–Crippen LogP) is 4.36. The Kier molecular flexibility index (Phi) is 5.94. The van der Waals surface area contributed by atoms with Crippen LogP contribution in [0.25, 0.3) is 11.0 Å². The maximum absolute atomic E-state index is 9.37. The summed E-state index contributed by atoms with van der Waals surface area (Å²) in [6.07, 6.45) is 2.59. The number of para-hydroxylation sites is 1. The molecule has 0 bridgehead atoms. The fraction of sp³-hybridized carbons (Fsp3) is 0.409. The molecule has 0 saturated carbocycles. The van der Waals surface area contributed by atoms with Crippen molar-refractivity contribution in [3.63, 3.8) is 0 Å². The second-order valence-corrected chi connectivity index (χ2v) is 6.90. The van der Waals surface area contributed by atoms with Gasteiger partial charge < -0.3 is 14.4 Å². The summed E-state index contributed by atoms with van der Waals surface area (Å²) in [5.74, 6) is 1.93. The number of nitrogens with zero attached hydrogens (tertiary/aromatic N) is 2. The zero-order valence-corrected chi connectivity index (χ0v) is 16.0. The zero-order valence-electron chi connectivity index (χ0n) is 16.0. The lowest BCUT2D eigenvalue weighted by Crippen LogP contribution is -2.08. The average molecular weight is 352 g/mol. The van der Waals surface area contributed by atoms with Gasteiger partial charge in [0.15, 0.2) is 0 Å². The molecule has 138 valence electrons. The second-order valence-electron chi connectivity index (χ2n) is 6.90. The van der Waals surface area contributed by atoms with E-state index in [-0.39, 0.29) is 6.61 Å². The molecule has 3 rings (SSSR count). The Labute approximate surface area is 155 Å². The highest BCUT2D eigenvalue weighted by molar-refractivity contribution is 5.78. The Balaban J connectivity index is 1.65. The first kappa shape index (κ1) is 18.5. The molecule has 1 N–H and O–H groups in total. The molecule has 26 heavy (non-hydrogen) atoms. The second kappa shape index (κ2) is 8.37. The predicted molar refractivity (Wildman–Crippen MR) is 106 cm³/mol. The van der Waals surface area contributed by atoms with Crippen molar-refractivity contribution in [1.29, 1.82) is 0 Å². The minimum atomic E-state index is 0.123. The van der Waals surface area contributed by atoms with Crippen molar-refractivity contribution in [3.05, 3.63) is 58.9 Å². The number of aliphatic hydroxyl groups is 1. The summed E-state index contributed by atoms with van der Waals surface area (Å²) in [7, 11) is 0. The number of hydrogen-bond donors (Lipinski definition) is 1. The van der Waals surface area contributed by atoms with Crippen molar-refractivity contribution in [2.24, 2.45) is 0 Å². The fourth-order valence-electron chi connectivity index (χ4n) is 3.24. The number of aromatic nitrogens is 2. The van der Waals surface area contributed by atoms with Gasteiger partial charge in [-0.3, -0.25) is 0 Å². The molecule has 1 aromatic heterocycles. The van der Waals surface area contributed by atoms with Gasteiger partial charge in [0, 0.05) is 13.0 Å². The van der Waals surface area contributed by atoms with Crippen LogP contribution < -0.4 is 4.74 Å². The van der Waals surface area contributed by atoms with Gasteiger partial charge in [0.05, 0.1) is 24.2 Å². The van der Waals surface area contributed by atoms with Crippen molar-refractivity contribution in [1.82, 2.24) is 9.55 Å². The largest absolute Gasteiger partial charge is 0.493 e. The van der Waals surface area contributed by atoms with Gasteiger partial charge in [0.2, 0.25) is 0 Å². The van der Waals surface area contributed by atoms with Crippen LogP contribution in [0.3, 0.4) is 0 Å². The molecular weight excluding hydrogens is 324 g/mol. The number of rotatable bonds is 8. The highest BCUT2D eigenvalue weighted by atomic mass is 16.5. The number of imidazole rings is 1. The first-order valence-electron chi connectivity index (χ1n) is 9.36. The van der Waals surface area contributed by atoms with Crippen LogP contribution in [0.1, 0.15) is 35.4 Å². The molecule has 0 radical (unpaired) electrons. The van der Waals surface area contributed by atoms with Gasteiger partial charge in [-0.1, -0.05) is 18.2 Å². The number of fused-ring (bicyclic) bond motifs is 1. The average Bonchev–Trinajstić information content (AvgIpc) is 2.93. The molecule has 0 fully saturated rings. The van der Waals surface area contributed by atoms with Gasteiger partial charge in [0.1, 0.15) is 11.6 Å². The quantitative estimate of drug-likeness (QED) is 0.613. The summed E-state index contributed by atoms with van der Waals surface area (Å²) in [6.45, 7) is 8.04. The topological polar surface area (TPSA) is 47.3 Å². The molecule has 0 spiro atoms. The maximum atomic E-state index is 9.37. The van der Waals surface area contributed by atoms with Crippen molar-refractivity contribution in [2.45, 2.75) is 46.6 Å². The van der Waals surface area contributed by atoms with Crippen LogP contribution in [0.5, 0.6) is 5.75 Å². The highest BCUT2D eigenvalue weighted by Gasteiger charge is 2.11. The third-order valence-corrected chi connectivity index (χ3v) is 4.91. The van der Waals surface area contributed by atoms with Crippen molar-refractivity contribution in [2.75, 3.05) is 13.2 Å². The third kappa shape index (κ3) is 4.07. The molecule has 0 aliphatic rings. The van der Waals surface area contributed by atoms with E-state index in [2.05, 4.69) is 43.5 Å². The number of benzene rings is 2. The smallest absolute Gasteiger partial charge is 0.122 e. The first-order chi connectivity index (χ1) is 12.6. The minimum absolute atomic E-state index is 0.123. The van der Waals surface area contributed by atoms with E-state index in [0.717, 1.165) is 42.0 Å². The number of aliphatic hydroxyl groups excluding tert-OH is 1. The molecule has 1 heterocycles. The highest BCUT2D eigenvalue weighted by Crippen LogP contribution is 2.22. The summed E-state index contributed by atoms with van der Waals surface area (Å²) < 4.78 is 8.15. The normalized spacial score (nSPS) is 11.2. The molecule has 4 nitrogen and oxygen atoms in total. The van der Waals surface area contributed by atoms with E-state index < -0.39 is 0 Å². The maximum Gasteiger partial charge on any atom is 0.122 e. The van der Waals surface area contributed by atoms with Crippen molar-refractivity contribution in [3.8, 4) is 5.75 Å². The molecule has 0 unspecified atom stereocenters. The third-order valence-electron chi connectivity index (χ3n) is 4.91. The van der Waals surface area contributed by atoms with Crippen LogP contribution in [0.2, 0.25) is 0 Å². The van der Waals surface area contributed by atoms with Gasteiger partial charge in [0.25, 0.3) is 0 Å². The van der Waals surface area contributed by atoms with Crippen molar-refractivity contribution >= 4 is 11.0 Å². The van der Waals surface area contributed by atoms with E-state index >= 15 is 0 Å². The van der Waals surface area contributed by atoms with E-state index in [1.165, 1.54) is 16.7 Å². The van der Waals surface area contributed by atoms with Gasteiger partial charge in [-0.25, -0.2) is 4.98 Å². The van der Waals surface area contributed by atoms with Gasteiger partial charge >= 0.3 is 0 Å². The Morgan fingerprint density at radius 3 is 2.54 bits per heavy atom. The molecule has 2 aromatic carbocycles. The SMILES string of the molecule is Cc1cc2nc(CCO)n(CCCCOc3ccccc3C)c2cc1C. The molecule has 0 saturated heterocycles. The van der Waals surface area contributed by atoms with Crippen molar-refractivity contribution < 1.29 is 9.84 Å². The van der Waals surface area contributed by atoms with Gasteiger partial charge in [-0.2, -0.15) is 0 Å². The van der Waals surface area contributed by atoms with E-state index in [0.29, 0.717) is 13.0 Å². The fourth-order valence-corrected chi connectivity index (χ4v) is 3.24. The van der Waals surface area contributed by atoms with Crippen LogP contribution in [0.15, 0.2) is 36.4 Å². The Hall–Kier alpha value is -2.33. The Morgan fingerprint density at radius 1 is 1.00 bits per heavy atom. The molecule has 3 aromatic rings. The Morgan fingerprint density at radius 2 is 1.77 bits per heavy atom. The van der Waals surface area contributed by atoms with Crippen LogP contribution in [0, 0.1) is 20.8 Å². The van der Waals surface area contributed by atoms with Crippen LogP contribution in [-0.4, -0.2) is 27.9 Å². The summed E-state index contributed by atoms with van der Waals surface area (Å²) in [5, 5.41) is 9.37. The van der Waals surface area contributed by atoms with Gasteiger partial charge in [-0.05, 0) is 68.5 Å². The van der Waals surface area contributed by atoms with Gasteiger partial charge in [-0.15, -0.1) is 0 Å². The first-order valence-corrected chi connectivity index (χ1v) is 9.36. The van der Waals surface area contributed by atoms with E-state index in [1.54, 1.807) is 0 Å². The van der Waals surface area contributed by atoms with E-state index in [1.807, 2.05) is 18.2 Å². The molecule has 0 aliphatic carbocycles. The van der Waals surface area contributed by atoms with Crippen LogP contribution >= 0.6 is 0 Å². The molecule has 0 aliphatic heterocycles. The minimum Gasteiger partial charge on any atom is -0.493 e. The Bertz CT molecular complexity index is 883. The molecule has 0 atom stereocenters. The number of hydrogen-bond acceptors (Lipinski definition) is 3. The summed E-state index contributed by atoms with van der Waals surface area (Å²) in [4.78, 5) is 4.73.